The maximum Gasteiger partial charge on any atom is 0.512 e. The summed E-state index contributed by atoms with van der Waals surface area (Å²) < 4.78 is 14.9. The van der Waals surface area contributed by atoms with Gasteiger partial charge in [0.2, 0.25) is 5.91 Å². The predicted molar refractivity (Wildman–Crippen MR) is 143 cm³/mol. The SMILES string of the molecule is Cc1ccc(C2CCN(C(=O)C(NC(=O)NC(C)(C)OC(=O)OCOCC(C)O)C(C)C)CC2(C)C)cc1. The number of aryl methyl sites for hydroxylation is 1. The van der Waals surface area contributed by atoms with Gasteiger partial charge in [-0.1, -0.05) is 57.5 Å². The molecule has 0 aromatic heterocycles. The van der Waals surface area contributed by atoms with Crippen LogP contribution in [0.5, 0.6) is 0 Å². The topological polar surface area (TPSA) is 126 Å². The molecule has 1 aliphatic rings. The zero-order valence-corrected chi connectivity index (χ0v) is 24.0. The highest BCUT2D eigenvalue weighted by Crippen LogP contribution is 2.42. The molecule has 3 atom stereocenters. The number of nitrogens with one attached hydrogen (secondary N) is 2. The third kappa shape index (κ3) is 9.47. The first-order chi connectivity index (χ1) is 17.6. The molecule has 1 fully saturated rings. The Morgan fingerprint density at radius 2 is 1.79 bits per heavy atom. The van der Waals surface area contributed by atoms with Gasteiger partial charge in [-0.05, 0) is 56.9 Å². The summed E-state index contributed by atoms with van der Waals surface area (Å²) in [5.74, 6) is 0.0290. The second kappa shape index (κ2) is 13.3. The number of hydrogen-bond donors (Lipinski definition) is 3. The van der Waals surface area contributed by atoms with E-state index in [4.69, 9.17) is 19.3 Å². The van der Waals surface area contributed by atoms with Gasteiger partial charge in [-0.3, -0.25) is 4.79 Å². The predicted octanol–water partition coefficient (Wildman–Crippen LogP) is 3.91. The van der Waals surface area contributed by atoms with Crippen LogP contribution in [0, 0.1) is 18.3 Å². The smallest absolute Gasteiger partial charge is 0.408 e. The zero-order chi connectivity index (χ0) is 28.7. The van der Waals surface area contributed by atoms with Gasteiger partial charge < -0.3 is 34.9 Å². The van der Waals surface area contributed by atoms with Crippen LogP contribution in [-0.4, -0.2) is 72.5 Å². The Morgan fingerprint density at radius 1 is 1.16 bits per heavy atom. The normalized spacial score (nSPS) is 18.9. The maximum atomic E-state index is 13.5. The Labute approximate surface area is 226 Å². The van der Waals surface area contributed by atoms with Crippen molar-refractivity contribution in [3.05, 3.63) is 35.4 Å². The highest BCUT2D eigenvalue weighted by atomic mass is 16.8. The van der Waals surface area contributed by atoms with Gasteiger partial charge in [0.25, 0.3) is 0 Å². The van der Waals surface area contributed by atoms with Crippen LogP contribution in [0.2, 0.25) is 0 Å². The van der Waals surface area contributed by atoms with Crippen LogP contribution in [0.25, 0.3) is 0 Å². The summed E-state index contributed by atoms with van der Waals surface area (Å²) in [6, 6.07) is 7.19. The van der Waals surface area contributed by atoms with Crippen molar-refractivity contribution in [2.75, 3.05) is 26.5 Å². The number of carbonyl (C=O) groups is 3. The third-order valence-corrected chi connectivity index (χ3v) is 6.61. The molecule has 10 nitrogen and oxygen atoms in total. The van der Waals surface area contributed by atoms with Crippen molar-refractivity contribution in [2.45, 2.75) is 85.6 Å². The van der Waals surface area contributed by atoms with E-state index in [1.54, 1.807) is 0 Å². The van der Waals surface area contributed by atoms with Crippen LogP contribution in [0.15, 0.2) is 24.3 Å². The van der Waals surface area contributed by atoms with Crippen LogP contribution in [0.4, 0.5) is 9.59 Å². The lowest BCUT2D eigenvalue weighted by Gasteiger charge is -2.45. The lowest BCUT2D eigenvalue weighted by atomic mass is 9.70. The van der Waals surface area contributed by atoms with Crippen LogP contribution in [0.3, 0.4) is 0 Å². The lowest BCUT2D eigenvalue weighted by Crippen LogP contribution is -2.59. The molecule has 3 unspecified atom stereocenters. The number of carbonyl (C=O) groups excluding carboxylic acids is 3. The molecule has 1 saturated heterocycles. The minimum absolute atomic E-state index is 0.00274. The average Bonchev–Trinajstić information content (AvgIpc) is 2.79. The van der Waals surface area contributed by atoms with E-state index in [1.165, 1.54) is 31.9 Å². The fourth-order valence-electron chi connectivity index (χ4n) is 4.69. The van der Waals surface area contributed by atoms with Gasteiger partial charge in [-0.15, -0.1) is 0 Å². The number of aliphatic hydroxyl groups excluding tert-OH is 1. The highest BCUT2D eigenvalue weighted by molar-refractivity contribution is 5.87. The lowest BCUT2D eigenvalue weighted by molar-refractivity contribution is -0.138. The molecular formula is C28H45N3O7. The van der Waals surface area contributed by atoms with Gasteiger partial charge >= 0.3 is 12.2 Å². The molecule has 3 amide bonds. The number of likely N-dealkylation sites (tertiary alicyclic amines) is 1. The summed E-state index contributed by atoms with van der Waals surface area (Å²) in [6.07, 6.45) is -0.905. The number of benzene rings is 1. The van der Waals surface area contributed by atoms with Gasteiger partial charge in [0, 0.05) is 13.1 Å². The number of urea groups is 1. The van der Waals surface area contributed by atoms with E-state index in [0.717, 1.165) is 6.42 Å². The van der Waals surface area contributed by atoms with Crippen LogP contribution in [0.1, 0.15) is 71.9 Å². The average molecular weight is 536 g/mol. The number of nitrogens with zero attached hydrogens (tertiary/aromatic N) is 1. The molecule has 1 aromatic rings. The van der Waals surface area contributed by atoms with Crippen molar-refractivity contribution in [1.29, 1.82) is 0 Å². The minimum atomic E-state index is -1.41. The Morgan fingerprint density at radius 3 is 2.34 bits per heavy atom. The van der Waals surface area contributed by atoms with Gasteiger partial charge in [0.1, 0.15) is 6.04 Å². The summed E-state index contributed by atoms with van der Waals surface area (Å²) >= 11 is 0. The molecule has 38 heavy (non-hydrogen) atoms. The van der Waals surface area contributed by atoms with Gasteiger partial charge in [0.05, 0.1) is 12.7 Å². The Bertz CT molecular complexity index is 944. The van der Waals surface area contributed by atoms with Gasteiger partial charge in [-0.2, -0.15) is 0 Å². The standard InChI is InChI=1S/C28H45N3O7/c1-18(2)23(29-25(34)30-28(7,8)38-26(35)37-17-36-15-20(4)32)24(33)31-14-13-22(27(5,6)16-31)21-11-9-19(3)10-12-21/h9-12,18,20,22-23,32H,13-17H2,1-8H3,(H2,29,30,34). The van der Waals surface area contributed by atoms with E-state index in [1.807, 2.05) is 18.7 Å². The van der Waals surface area contributed by atoms with Crippen LogP contribution in [-0.2, 0) is 19.0 Å². The second-order valence-corrected chi connectivity index (χ2v) is 11.7. The monoisotopic (exact) mass is 535 g/mol. The first-order valence-electron chi connectivity index (χ1n) is 13.2. The number of amides is 3. The molecule has 2 rings (SSSR count). The fraction of sp³-hybridized carbons (Fsp3) is 0.679. The Hall–Kier alpha value is -2.85. The van der Waals surface area contributed by atoms with Crippen molar-refractivity contribution in [2.24, 2.45) is 11.3 Å². The first-order valence-corrected chi connectivity index (χ1v) is 13.2. The molecule has 1 heterocycles. The summed E-state index contributed by atoms with van der Waals surface area (Å²) in [5, 5.41) is 14.5. The molecule has 1 aromatic carbocycles. The summed E-state index contributed by atoms with van der Waals surface area (Å²) in [6.45, 7) is 15.5. The molecular weight excluding hydrogens is 490 g/mol. The molecule has 0 aliphatic carbocycles. The number of ether oxygens (including phenoxy) is 3. The molecule has 0 saturated carbocycles. The zero-order valence-electron chi connectivity index (χ0n) is 24.0. The molecule has 3 N–H and O–H groups in total. The Balaban J connectivity index is 1.95. The van der Waals surface area contributed by atoms with Crippen LogP contribution >= 0.6 is 0 Å². The largest absolute Gasteiger partial charge is 0.512 e. The molecule has 10 heteroatoms. The second-order valence-electron chi connectivity index (χ2n) is 11.7. The van der Waals surface area contributed by atoms with Crippen molar-refractivity contribution in [3.63, 3.8) is 0 Å². The van der Waals surface area contributed by atoms with E-state index in [2.05, 4.69) is 55.7 Å². The van der Waals surface area contributed by atoms with Crippen LogP contribution < -0.4 is 10.6 Å². The Kier molecular flexibility index (Phi) is 11.0. The molecule has 0 spiro atoms. The number of aliphatic hydroxyl groups is 1. The summed E-state index contributed by atoms with van der Waals surface area (Å²) in [7, 11) is 0. The van der Waals surface area contributed by atoms with E-state index in [0.29, 0.717) is 19.0 Å². The van der Waals surface area contributed by atoms with Gasteiger partial charge in [0.15, 0.2) is 12.5 Å². The quantitative estimate of drug-likeness (QED) is 0.236. The van der Waals surface area contributed by atoms with Crippen molar-refractivity contribution >= 4 is 18.1 Å². The number of hydrogen-bond acceptors (Lipinski definition) is 7. The molecule has 0 bridgehead atoms. The third-order valence-electron chi connectivity index (χ3n) is 6.61. The van der Waals surface area contributed by atoms with E-state index in [9.17, 15) is 14.4 Å². The molecule has 1 aliphatic heterocycles. The van der Waals surface area contributed by atoms with Gasteiger partial charge in [-0.25, -0.2) is 9.59 Å². The number of piperidine rings is 1. The van der Waals surface area contributed by atoms with Crippen molar-refractivity contribution in [1.82, 2.24) is 15.5 Å². The minimum Gasteiger partial charge on any atom is -0.408 e. The molecule has 214 valence electrons. The highest BCUT2D eigenvalue weighted by Gasteiger charge is 2.41. The van der Waals surface area contributed by atoms with E-state index in [-0.39, 0.29) is 23.8 Å². The van der Waals surface area contributed by atoms with Crippen molar-refractivity contribution < 1.29 is 33.7 Å². The number of rotatable bonds is 10. The first kappa shape index (κ1) is 31.4. The van der Waals surface area contributed by atoms with Crippen molar-refractivity contribution in [3.8, 4) is 0 Å². The summed E-state index contributed by atoms with van der Waals surface area (Å²) in [5.41, 5.74) is 0.948. The fourth-order valence-corrected chi connectivity index (χ4v) is 4.69. The summed E-state index contributed by atoms with van der Waals surface area (Å²) in [4.78, 5) is 40.1. The van der Waals surface area contributed by atoms with E-state index >= 15 is 0 Å². The van der Waals surface area contributed by atoms with E-state index < -0.39 is 36.9 Å². The molecule has 0 radical (unpaired) electrons. The maximum absolute atomic E-state index is 13.5.